The van der Waals surface area contributed by atoms with E-state index in [0.29, 0.717) is 36.8 Å². The number of nitrogens with zero attached hydrogens (tertiary/aromatic N) is 5. The lowest BCUT2D eigenvalue weighted by atomic mass is 10.0. The van der Waals surface area contributed by atoms with Crippen molar-refractivity contribution in [1.29, 1.82) is 0 Å². The van der Waals surface area contributed by atoms with Crippen molar-refractivity contribution in [2.75, 3.05) is 29.6 Å². The monoisotopic (exact) mass is 383 g/mol. The Bertz CT molecular complexity index is 940. The van der Waals surface area contributed by atoms with Crippen molar-refractivity contribution in [2.45, 2.75) is 37.8 Å². The minimum atomic E-state index is -4.45. The largest absolute Gasteiger partial charge is 0.408 e. The van der Waals surface area contributed by atoms with Crippen molar-refractivity contribution in [1.82, 2.24) is 14.7 Å². The van der Waals surface area contributed by atoms with E-state index in [1.165, 1.54) is 16.9 Å². The second-order valence-electron chi connectivity index (χ2n) is 6.88. The molecule has 0 aromatic carbocycles. The molecule has 27 heavy (non-hydrogen) atoms. The number of anilines is 2. The molecule has 2 aromatic heterocycles. The molecule has 0 saturated carbocycles. The zero-order valence-corrected chi connectivity index (χ0v) is 14.1. The quantitative estimate of drug-likeness (QED) is 0.682. The number of alkyl halides is 3. The Labute approximate surface area is 151 Å². The molecular weight excluding hydrogens is 367 g/mol. The first-order valence-corrected chi connectivity index (χ1v) is 8.66. The molecule has 5 rings (SSSR count). The van der Waals surface area contributed by atoms with Gasteiger partial charge in [-0.1, -0.05) is 5.16 Å². The molecule has 0 N–H and O–H groups in total. The average Bonchev–Trinajstić information content (AvgIpc) is 3.09. The van der Waals surface area contributed by atoms with Gasteiger partial charge in [-0.25, -0.2) is 0 Å². The number of aromatic nitrogens is 3. The van der Waals surface area contributed by atoms with Crippen molar-refractivity contribution < 1.29 is 22.4 Å². The third kappa shape index (κ3) is 2.52. The van der Waals surface area contributed by atoms with Crippen molar-refractivity contribution in [3.8, 4) is 0 Å². The molecular formula is C16H16F3N5O3. The van der Waals surface area contributed by atoms with E-state index in [4.69, 9.17) is 9.26 Å². The van der Waals surface area contributed by atoms with E-state index in [0.717, 1.165) is 4.90 Å². The zero-order chi connectivity index (χ0) is 18.8. The van der Waals surface area contributed by atoms with Crippen LogP contribution < -0.4 is 15.4 Å². The Morgan fingerprint density at radius 1 is 1.22 bits per heavy atom. The summed E-state index contributed by atoms with van der Waals surface area (Å²) in [4.78, 5) is 20.1. The Balaban J connectivity index is 1.75. The first-order chi connectivity index (χ1) is 12.9. The minimum absolute atomic E-state index is 0.0205. The fraction of sp³-hybridized carbons (Fsp3) is 0.562. The number of rotatable bonds is 0. The summed E-state index contributed by atoms with van der Waals surface area (Å²) in [6.07, 6.45) is -3.23. The lowest BCUT2D eigenvalue weighted by molar-refractivity contribution is -0.153. The molecule has 0 radical (unpaired) electrons. The highest BCUT2D eigenvalue weighted by Gasteiger charge is 2.48. The van der Waals surface area contributed by atoms with Crippen LogP contribution >= 0.6 is 0 Å². The summed E-state index contributed by atoms with van der Waals surface area (Å²) in [6, 6.07) is -0.678. The SMILES string of the molecule is O=c1cc2nc3n1CCC(C(F)(F)F)N3Cc1nocc1C1COCCN21. The number of morpholine rings is 1. The molecule has 5 heterocycles. The number of fused-ring (bicyclic) bond motifs is 5. The molecule has 1 fully saturated rings. The van der Waals surface area contributed by atoms with Crippen LogP contribution in [-0.2, 0) is 17.8 Å². The molecule has 3 aliphatic rings. The van der Waals surface area contributed by atoms with E-state index >= 15 is 0 Å². The lowest BCUT2D eigenvalue weighted by Crippen LogP contribution is -2.52. The molecule has 2 unspecified atom stereocenters. The van der Waals surface area contributed by atoms with Crippen molar-refractivity contribution in [3.05, 3.63) is 33.9 Å². The molecule has 0 amide bonds. The second-order valence-corrected chi connectivity index (χ2v) is 6.88. The van der Waals surface area contributed by atoms with Gasteiger partial charge < -0.3 is 19.1 Å². The van der Waals surface area contributed by atoms with Gasteiger partial charge in [0, 0.05) is 24.7 Å². The highest BCUT2D eigenvalue weighted by atomic mass is 19.4. The molecule has 144 valence electrons. The summed E-state index contributed by atoms with van der Waals surface area (Å²) in [7, 11) is 0. The minimum Gasteiger partial charge on any atom is -0.377 e. The van der Waals surface area contributed by atoms with E-state index in [-0.39, 0.29) is 37.1 Å². The molecule has 8 nitrogen and oxygen atoms in total. The Morgan fingerprint density at radius 2 is 2.07 bits per heavy atom. The van der Waals surface area contributed by atoms with Gasteiger partial charge in [0.1, 0.15) is 23.8 Å². The van der Waals surface area contributed by atoms with E-state index < -0.39 is 12.2 Å². The predicted molar refractivity (Wildman–Crippen MR) is 86.5 cm³/mol. The van der Waals surface area contributed by atoms with Crippen molar-refractivity contribution in [2.24, 2.45) is 0 Å². The highest BCUT2D eigenvalue weighted by Crippen LogP contribution is 2.39. The topological polar surface area (TPSA) is 76.6 Å². The average molecular weight is 383 g/mol. The molecule has 0 aliphatic carbocycles. The predicted octanol–water partition coefficient (Wildman–Crippen LogP) is 1.46. The van der Waals surface area contributed by atoms with Gasteiger partial charge in [-0.15, -0.1) is 0 Å². The van der Waals surface area contributed by atoms with Crippen LogP contribution in [-0.4, -0.2) is 46.7 Å². The van der Waals surface area contributed by atoms with Gasteiger partial charge in [-0.2, -0.15) is 18.2 Å². The first-order valence-electron chi connectivity index (χ1n) is 8.66. The van der Waals surface area contributed by atoms with Crippen LogP contribution in [0.15, 0.2) is 21.6 Å². The van der Waals surface area contributed by atoms with Gasteiger partial charge in [0.2, 0.25) is 5.95 Å². The van der Waals surface area contributed by atoms with Crippen LogP contribution in [0.25, 0.3) is 0 Å². The molecule has 3 aliphatic heterocycles. The Kier molecular flexibility index (Phi) is 3.51. The van der Waals surface area contributed by atoms with Crippen LogP contribution in [0.1, 0.15) is 23.7 Å². The van der Waals surface area contributed by atoms with E-state index in [1.807, 2.05) is 4.90 Å². The molecule has 2 bridgehead atoms. The first kappa shape index (κ1) is 16.6. The number of ether oxygens (including phenoxy) is 1. The summed E-state index contributed by atoms with van der Waals surface area (Å²) >= 11 is 0. The number of hydrogen-bond acceptors (Lipinski definition) is 7. The molecule has 2 aromatic rings. The Hall–Kier alpha value is -2.56. The summed E-state index contributed by atoms with van der Waals surface area (Å²) in [6.45, 7) is 1.05. The second kappa shape index (κ2) is 5.72. The standard InChI is InChI=1S/C16H16F3N5O3/c17-16(18,19)12-1-2-23-14(25)5-13-20-15(23)24(12)6-10-9(7-27-21-10)11-8-26-4-3-22(11)13/h5,7,11-12H,1-4,6,8H2. The molecule has 0 spiro atoms. The smallest absolute Gasteiger partial charge is 0.377 e. The van der Waals surface area contributed by atoms with Gasteiger partial charge in [0.05, 0.1) is 25.8 Å². The lowest BCUT2D eigenvalue weighted by Gasteiger charge is -2.38. The van der Waals surface area contributed by atoms with Crippen molar-refractivity contribution >= 4 is 11.8 Å². The summed E-state index contributed by atoms with van der Waals surface area (Å²) < 4.78 is 53.0. The van der Waals surface area contributed by atoms with E-state index in [2.05, 4.69) is 10.1 Å². The van der Waals surface area contributed by atoms with Crippen LogP contribution in [0, 0.1) is 0 Å². The number of hydrogen-bond donors (Lipinski definition) is 0. The Morgan fingerprint density at radius 3 is 2.89 bits per heavy atom. The molecule has 2 atom stereocenters. The highest BCUT2D eigenvalue weighted by molar-refractivity contribution is 5.51. The maximum Gasteiger partial charge on any atom is 0.408 e. The summed E-state index contributed by atoms with van der Waals surface area (Å²) in [5, 5.41) is 3.94. The van der Waals surface area contributed by atoms with Crippen molar-refractivity contribution in [3.63, 3.8) is 0 Å². The summed E-state index contributed by atoms with van der Waals surface area (Å²) in [5.41, 5.74) is 0.699. The summed E-state index contributed by atoms with van der Waals surface area (Å²) in [5.74, 6) is 0.369. The third-order valence-corrected chi connectivity index (χ3v) is 5.39. The molecule has 11 heteroatoms. The fourth-order valence-corrected chi connectivity index (χ4v) is 4.08. The maximum atomic E-state index is 13.7. The fourth-order valence-electron chi connectivity index (χ4n) is 4.08. The van der Waals surface area contributed by atoms with E-state index in [9.17, 15) is 18.0 Å². The normalized spacial score (nSPS) is 24.6. The van der Waals surface area contributed by atoms with Crippen LogP contribution in [0.3, 0.4) is 0 Å². The third-order valence-electron chi connectivity index (χ3n) is 5.39. The number of halogens is 3. The zero-order valence-electron chi connectivity index (χ0n) is 14.1. The van der Waals surface area contributed by atoms with Gasteiger partial charge in [-0.3, -0.25) is 9.36 Å². The van der Waals surface area contributed by atoms with Gasteiger partial charge in [0.15, 0.2) is 0 Å². The molecule has 1 saturated heterocycles. The van der Waals surface area contributed by atoms with Gasteiger partial charge in [0.25, 0.3) is 5.56 Å². The van der Waals surface area contributed by atoms with E-state index in [1.54, 1.807) is 0 Å². The maximum absolute atomic E-state index is 13.7. The van der Waals surface area contributed by atoms with Gasteiger partial charge >= 0.3 is 6.18 Å². The van der Waals surface area contributed by atoms with Crippen LogP contribution in [0.2, 0.25) is 0 Å². The van der Waals surface area contributed by atoms with Crippen LogP contribution in [0.4, 0.5) is 24.9 Å². The van der Waals surface area contributed by atoms with Gasteiger partial charge in [-0.05, 0) is 6.42 Å². The van der Waals surface area contributed by atoms with Crippen LogP contribution in [0.5, 0.6) is 0 Å².